The van der Waals surface area contributed by atoms with Gasteiger partial charge < -0.3 is 5.32 Å². The van der Waals surface area contributed by atoms with Gasteiger partial charge in [-0.3, -0.25) is 9.89 Å². The predicted molar refractivity (Wildman–Crippen MR) is 82.1 cm³/mol. The molecule has 112 valence electrons. The van der Waals surface area contributed by atoms with E-state index in [1.807, 2.05) is 25.1 Å². The Labute approximate surface area is 125 Å². The van der Waals surface area contributed by atoms with Crippen LogP contribution in [0.4, 0.5) is 0 Å². The topological polar surface area (TPSA) is 70.7 Å². The van der Waals surface area contributed by atoms with Crippen molar-refractivity contribution in [3.63, 3.8) is 0 Å². The van der Waals surface area contributed by atoms with Gasteiger partial charge in [0.2, 0.25) is 5.82 Å². The lowest BCUT2D eigenvalue weighted by molar-refractivity contribution is 0.0928. The third kappa shape index (κ3) is 4.70. The molecule has 0 spiro atoms. The van der Waals surface area contributed by atoms with Gasteiger partial charge >= 0.3 is 0 Å². The van der Waals surface area contributed by atoms with E-state index in [0.29, 0.717) is 0 Å². The Morgan fingerprint density at radius 1 is 1.29 bits per heavy atom. The molecule has 5 nitrogen and oxygen atoms in total. The number of benzene rings is 1. The van der Waals surface area contributed by atoms with Gasteiger partial charge in [-0.15, -0.1) is 5.10 Å². The van der Waals surface area contributed by atoms with Gasteiger partial charge in [0.05, 0.1) is 0 Å². The zero-order chi connectivity index (χ0) is 15.1. The van der Waals surface area contributed by atoms with E-state index in [4.69, 9.17) is 0 Å². The second kappa shape index (κ2) is 7.57. The van der Waals surface area contributed by atoms with Crippen LogP contribution in [0, 0.1) is 0 Å². The van der Waals surface area contributed by atoms with Gasteiger partial charge in [0.1, 0.15) is 5.82 Å². The maximum atomic E-state index is 12.0. The molecule has 2 rings (SSSR count). The first-order valence-corrected chi connectivity index (χ1v) is 7.45. The summed E-state index contributed by atoms with van der Waals surface area (Å²) in [7, 11) is 0. The van der Waals surface area contributed by atoms with Crippen molar-refractivity contribution in [3.05, 3.63) is 47.5 Å². The number of hydrogen-bond acceptors (Lipinski definition) is 3. The molecule has 1 heterocycles. The van der Waals surface area contributed by atoms with Crippen molar-refractivity contribution in [1.82, 2.24) is 20.5 Å². The SMILES string of the molecule is CCCc1nc(C(=O)NC(C)CCc2ccccc2)n[nH]1. The van der Waals surface area contributed by atoms with Crippen molar-refractivity contribution < 1.29 is 4.79 Å². The average Bonchev–Trinajstić information content (AvgIpc) is 2.95. The molecule has 0 aliphatic heterocycles. The minimum Gasteiger partial charge on any atom is -0.347 e. The second-order valence-electron chi connectivity index (χ2n) is 5.25. The third-order valence-corrected chi connectivity index (χ3v) is 3.31. The van der Waals surface area contributed by atoms with Crippen LogP contribution in [0.1, 0.15) is 48.7 Å². The number of carbonyl (C=O) groups excluding carboxylic acids is 1. The van der Waals surface area contributed by atoms with Crippen LogP contribution in [0.25, 0.3) is 0 Å². The summed E-state index contributed by atoms with van der Waals surface area (Å²) in [6.07, 6.45) is 3.62. The maximum absolute atomic E-state index is 12.0. The Hall–Kier alpha value is -2.17. The Kier molecular flexibility index (Phi) is 5.49. The fourth-order valence-electron chi connectivity index (χ4n) is 2.13. The van der Waals surface area contributed by atoms with E-state index in [1.54, 1.807) is 0 Å². The summed E-state index contributed by atoms with van der Waals surface area (Å²) in [6, 6.07) is 10.3. The van der Waals surface area contributed by atoms with Gasteiger partial charge in [-0.2, -0.15) is 0 Å². The summed E-state index contributed by atoms with van der Waals surface area (Å²) < 4.78 is 0. The maximum Gasteiger partial charge on any atom is 0.291 e. The molecule has 0 saturated heterocycles. The standard InChI is InChI=1S/C16H22N4O/c1-3-7-14-18-15(20-19-14)16(21)17-12(2)10-11-13-8-5-4-6-9-13/h4-6,8-9,12H,3,7,10-11H2,1-2H3,(H,17,21)(H,18,19,20). The molecule has 0 saturated carbocycles. The summed E-state index contributed by atoms with van der Waals surface area (Å²) in [4.78, 5) is 16.2. The molecule has 21 heavy (non-hydrogen) atoms. The highest BCUT2D eigenvalue weighted by molar-refractivity contribution is 5.90. The number of H-pyrrole nitrogens is 1. The van der Waals surface area contributed by atoms with E-state index in [2.05, 4.69) is 39.6 Å². The van der Waals surface area contributed by atoms with Crippen molar-refractivity contribution in [3.8, 4) is 0 Å². The van der Waals surface area contributed by atoms with Crippen LogP contribution in [0.5, 0.6) is 0 Å². The minimum absolute atomic E-state index is 0.0887. The third-order valence-electron chi connectivity index (χ3n) is 3.31. The molecule has 0 aliphatic carbocycles. The van der Waals surface area contributed by atoms with Crippen LogP contribution in [0.15, 0.2) is 30.3 Å². The molecule has 1 atom stereocenters. The number of aromatic nitrogens is 3. The molecule has 1 aromatic carbocycles. The highest BCUT2D eigenvalue weighted by Crippen LogP contribution is 2.05. The molecule has 0 fully saturated rings. The first-order valence-electron chi connectivity index (χ1n) is 7.45. The zero-order valence-electron chi connectivity index (χ0n) is 12.6. The Balaban J connectivity index is 1.81. The molecule has 0 bridgehead atoms. The highest BCUT2D eigenvalue weighted by Gasteiger charge is 2.14. The van der Waals surface area contributed by atoms with E-state index >= 15 is 0 Å². The van der Waals surface area contributed by atoms with Crippen LogP contribution in [-0.4, -0.2) is 27.1 Å². The highest BCUT2D eigenvalue weighted by atomic mass is 16.2. The fraction of sp³-hybridized carbons (Fsp3) is 0.438. The molecule has 2 aromatic rings. The first-order chi connectivity index (χ1) is 10.2. The van der Waals surface area contributed by atoms with Crippen LogP contribution in [0.2, 0.25) is 0 Å². The largest absolute Gasteiger partial charge is 0.347 e. The summed E-state index contributed by atoms with van der Waals surface area (Å²) in [5.74, 6) is 0.777. The lowest BCUT2D eigenvalue weighted by atomic mass is 10.1. The number of nitrogens with zero attached hydrogens (tertiary/aromatic N) is 2. The quantitative estimate of drug-likeness (QED) is 0.821. The lowest BCUT2D eigenvalue weighted by Gasteiger charge is -2.12. The van der Waals surface area contributed by atoms with E-state index in [1.165, 1.54) is 5.56 Å². The van der Waals surface area contributed by atoms with Crippen molar-refractivity contribution in [2.75, 3.05) is 0 Å². The summed E-state index contributed by atoms with van der Waals surface area (Å²) in [5, 5.41) is 9.69. The van der Waals surface area contributed by atoms with Crippen LogP contribution < -0.4 is 5.32 Å². The summed E-state index contributed by atoms with van der Waals surface area (Å²) in [5.41, 5.74) is 1.28. The van der Waals surface area contributed by atoms with Crippen molar-refractivity contribution in [2.24, 2.45) is 0 Å². The van der Waals surface area contributed by atoms with E-state index in [9.17, 15) is 4.79 Å². The molecule has 5 heteroatoms. The van der Waals surface area contributed by atoms with Crippen molar-refractivity contribution in [1.29, 1.82) is 0 Å². The van der Waals surface area contributed by atoms with Crippen molar-refractivity contribution in [2.45, 2.75) is 45.6 Å². The monoisotopic (exact) mass is 286 g/mol. The number of aryl methyl sites for hydroxylation is 2. The predicted octanol–water partition coefficient (Wildman–Crippen LogP) is 2.51. The smallest absolute Gasteiger partial charge is 0.291 e. The van der Waals surface area contributed by atoms with Gasteiger partial charge in [-0.1, -0.05) is 37.3 Å². The Morgan fingerprint density at radius 2 is 2.05 bits per heavy atom. The summed E-state index contributed by atoms with van der Waals surface area (Å²) in [6.45, 7) is 4.06. The molecule has 2 N–H and O–H groups in total. The average molecular weight is 286 g/mol. The van der Waals surface area contributed by atoms with E-state index < -0.39 is 0 Å². The summed E-state index contributed by atoms with van der Waals surface area (Å²) >= 11 is 0. The Morgan fingerprint density at radius 3 is 2.76 bits per heavy atom. The zero-order valence-corrected chi connectivity index (χ0v) is 12.6. The second-order valence-corrected chi connectivity index (χ2v) is 5.25. The van der Waals surface area contributed by atoms with Crippen LogP contribution >= 0.6 is 0 Å². The van der Waals surface area contributed by atoms with Gasteiger partial charge in [-0.05, 0) is 31.7 Å². The number of hydrogen-bond donors (Lipinski definition) is 2. The number of rotatable bonds is 7. The normalized spacial score (nSPS) is 12.1. The lowest BCUT2D eigenvalue weighted by Crippen LogP contribution is -2.33. The minimum atomic E-state index is -0.214. The van der Waals surface area contributed by atoms with Gasteiger partial charge in [0, 0.05) is 12.5 Å². The van der Waals surface area contributed by atoms with Gasteiger partial charge in [-0.25, -0.2) is 4.98 Å². The molecule has 1 aromatic heterocycles. The number of carbonyl (C=O) groups is 1. The number of amides is 1. The molecule has 1 unspecified atom stereocenters. The number of aromatic amines is 1. The fourth-order valence-corrected chi connectivity index (χ4v) is 2.13. The number of nitrogens with one attached hydrogen (secondary N) is 2. The van der Waals surface area contributed by atoms with E-state index in [-0.39, 0.29) is 17.8 Å². The molecular formula is C16H22N4O. The van der Waals surface area contributed by atoms with Gasteiger partial charge in [0.25, 0.3) is 5.91 Å². The molecule has 1 amide bonds. The first kappa shape index (κ1) is 15.2. The molecule has 0 radical (unpaired) electrons. The van der Waals surface area contributed by atoms with Gasteiger partial charge in [0.15, 0.2) is 0 Å². The van der Waals surface area contributed by atoms with Crippen LogP contribution in [0.3, 0.4) is 0 Å². The van der Waals surface area contributed by atoms with Crippen molar-refractivity contribution >= 4 is 5.91 Å². The van der Waals surface area contributed by atoms with E-state index in [0.717, 1.165) is 31.5 Å². The Bertz CT molecular complexity index is 565. The molecular weight excluding hydrogens is 264 g/mol. The molecule has 0 aliphatic rings. The van der Waals surface area contributed by atoms with Crippen LogP contribution in [-0.2, 0) is 12.8 Å².